The number of halogens is 1. The standard InChI is InChI=1S/C16H18ClN3O2/c1-11-10-22-12(2)9-19(11)16(21)14-7-8-20(18-14)15-6-4-3-5-13(15)17/h3-8,11-12H,9-10H2,1-2H3/t11-,12-/m1/s1. The molecule has 2 aromatic rings. The molecule has 1 aromatic carbocycles. The lowest BCUT2D eigenvalue weighted by atomic mass is 10.2. The number of rotatable bonds is 2. The summed E-state index contributed by atoms with van der Waals surface area (Å²) in [5, 5.41) is 4.97. The van der Waals surface area contributed by atoms with Crippen molar-refractivity contribution in [2.75, 3.05) is 13.2 Å². The van der Waals surface area contributed by atoms with Gasteiger partial charge < -0.3 is 9.64 Å². The molecule has 1 aliphatic rings. The van der Waals surface area contributed by atoms with E-state index in [2.05, 4.69) is 5.10 Å². The number of nitrogens with zero attached hydrogens (tertiary/aromatic N) is 3. The van der Waals surface area contributed by atoms with Crippen molar-refractivity contribution in [3.8, 4) is 5.69 Å². The highest BCUT2D eigenvalue weighted by Crippen LogP contribution is 2.20. The fourth-order valence-corrected chi connectivity index (χ4v) is 2.77. The van der Waals surface area contributed by atoms with Crippen LogP contribution in [0.1, 0.15) is 24.3 Å². The fraction of sp³-hybridized carbons (Fsp3) is 0.375. The average molecular weight is 320 g/mol. The predicted octanol–water partition coefficient (Wildman–Crippen LogP) is 2.78. The summed E-state index contributed by atoms with van der Waals surface area (Å²) in [7, 11) is 0. The molecular formula is C16H18ClN3O2. The number of hydrogen-bond acceptors (Lipinski definition) is 3. The summed E-state index contributed by atoms with van der Waals surface area (Å²) in [5.41, 5.74) is 1.17. The average Bonchev–Trinajstić information content (AvgIpc) is 2.99. The molecule has 1 aliphatic heterocycles. The quantitative estimate of drug-likeness (QED) is 0.855. The normalized spacial score (nSPS) is 21.9. The van der Waals surface area contributed by atoms with E-state index in [9.17, 15) is 4.79 Å². The number of aromatic nitrogens is 2. The summed E-state index contributed by atoms with van der Waals surface area (Å²) in [4.78, 5) is 14.5. The maximum Gasteiger partial charge on any atom is 0.274 e. The van der Waals surface area contributed by atoms with Gasteiger partial charge in [0.05, 0.1) is 29.5 Å². The van der Waals surface area contributed by atoms with Gasteiger partial charge in [-0.15, -0.1) is 0 Å². The van der Waals surface area contributed by atoms with Crippen LogP contribution in [0, 0.1) is 0 Å². The zero-order valence-electron chi connectivity index (χ0n) is 12.6. The highest BCUT2D eigenvalue weighted by atomic mass is 35.5. The van der Waals surface area contributed by atoms with E-state index in [0.717, 1.165) is 5.69 Å². The molecule has 2 atom stereocenters. The van der Waals surface area contributed by atoms with Crippen molar-refractivity contribution in [3.63, 3.8) is 0 Å². The molecule has 1 saturated heterocycles. The molecule has 22 heavy (non-hydrogen) atoms. The Morgan fingerprint density at radius 2 is 2.09 bits per heavy atom. The lowest BCUT2D eigenvalue weighted by Gasteiger charge is -2.36. The number of amides is 1. The highest BCUT2D eigenvalue weighted by molar-refractivity contribution is 6.32. The molecule has 6 heteroatoms. The van der Waals surface area contributed by atoms with Crippen molar-refractivity contribution in [2.45, 2.75) is 26.0 Å². The van der Waals surface area contributed by atoms with Gasteiger partial charge in [-0.25, -0.2) is 4.68 Å². The van der Waals surface area contributed by atoms with Gasteiger partial charge in [0.25, 0.3) is 5.91 Å². The second-order valence-corrected chi connectivity index (χ2v) is 5.95. The van der Waals surface area contributed by atoms with Crippen molar-refractivity contribution in [2.24, 2.45) is 0 Å². The van der Waals surface area contributed by atoms with E-state index in [4.69, 9.17) is 16.3 Å². The molecule has 116 valence electrons. The molecule has 0 bridgehead atoms. The second-order valence-electron chi connectivity index (χ2n) is 5.55. The molecule has 2 heterocycles. The first-order valence-corrected chi connectivity index (χ1v) is 7.67. The Kier molecular flexibility index (Phi) is 4.18. The van der Waals surface area contributed by atoms with Crippen LogP contribution in [0.4, 0.5) is 0 Å². The summed E-state index contributed by atoms with van der Waals surface area (Å²) in [6.45, 7) is 5.08. The smallest absolute Gasteiger partial charge is 0.274 e. The van der Waals surface area contributed by atoms with Gasteiger partial charge in [0.15, 0.2) is 5.69 Å². The van der Waals surface area contributed by atoms with Gasteiger partial charge in [-0.2, -0.15) is 5.10 Å². The lowest BCUT2D eigenvalue weighted by molar-refractivity contribution is -0.0389. The summed E-state index contributed by atoms with van der Waals surface area (Å²) in [6.07, 6.45) is 1.80. The number of para-hydroxylation sites is 1. The molecule has 0 aliphatic carbocycles. The maximum atomic E-state index is 12.6. The molecule has 0 spiro atoms. The van der Waals surface area contributed by atoms with E-state index < -0.39 is 0 Å². The zero-order chi connectivity index (χ0) is 15.7. The summed E-state index contributed by atoms with van der Waals surface area (Å²) >= 11 is 6.17. The van der Waals surface area contributed by atoms with Crippen molar-refractivity contribution in [1.29, 1.82) is 0 Å². The number of carbonyl (C=O) groups excluding carboxylic acids is 1. The van der Waals surface area contributed by atoms with Crippen LogP contribution >= 0.6 is 11.6 Å². The number of benzene rings is 1. The van der Waals surface area contributed by atoms with Crippen LogP contribution in [0.5, 0.6) is 0 Å². The Morgan fingerprint density at radius 3 is 2.86 bits per heavy atom. The van der Waals surface area contributed by atoms with Gasteiger partial charge in [-0.1, -0.05) is 23.7 Å². The monoisotopic (exact) mass is 319 g/mol. The van der Waals surface area contributed by atoms with Gasteiger partial charge in [0.2, 0.25) is 0 Å². The van der Waals surface area contributed by atoms with E-state index in [1.165, 1.54) is 0 Å². The van der Waals surface area contributed by atoms with Crippen LogP contribution < -0.4 is 0 Å². The molecule has 1 aromatic heterocycles. The topological polar surface area (TPSA) is 47.4 Å². The molecule has 0 N–H and O–H groups in total. The van der Waals surface area contributed by atoms with E-state index >= 15 is 0 Å². The molecule has 0 radical (unpaired) electrons. The largest absolute Gasteiger partial charge is 0.375 e. The summed E-state index contributed by atoms with van der Waals surface area (Å²) < 4.78 is 7.19. The Bertz CT molecular complexity index is 686. The van der Waals surface area contributed by atoms with E-state index in [0.29, 0.717) is 23.9 Å². The lowest BCUT2D eigenvalue weighted by Crippen LogP contribution is -2.50. The minimum atomic E-state index is -0.0755. The predicted molar refractivity (Wildman–Crippen MR) is 84.5 cm³/mol. The molecule has 0 unspecified atom stereocenters. The van der Waals surface area contributed by atoms with Crippen LogP contribution in [-0.2, 0) is 4.74 Å². The Hall–Kier alpha value is -1.85. The van der Waals surface area contributed by atoms with Crippen molar-refractivity contribution >= 4 is 17.5 Å². The third-order valence-electron chi connectivity index (χ3n) is 3.78. The molecule has 0 saturated carbocycles. The summed E-state index contributed by atoms with van der Waals surface area (Å²) in [6, 6.07) is 9.18. The van der Waals surface area contributed by atoms with Crippen LogP contribution in [0.15, 0.2) is 36.5 Å². The summed E-state index contributed by atoms with van der Waals surface area (Å²) in [5.74, 6) is -0.0755. The first-order valence-electron chi connectivity index (χ1n) is 7.29. The highest BCUT2D eigenvalue weighted by Gasteiger charge is 2.29. The third kappa shape index (κ3) is 2.87. The van der Waals surface area contributed by atoms with Crippen LogP contribution in [0.25, 0.3) is 5.69 Å². The van der Waals surface area contributed by atoms with Crippen molar-refractivity contribution in [3.05, 3.63) is 47.2 Å². The number of carbonyl (C=O) groups is 1. The molecule has 1 amide bonds. The van der Waals surface area contributed by atoms with E-state index in [-0.39, 0.29) is 18.1 Å². The van der Waals surface area contributed by atoms with Crippen molar-refractivity contribution in [1.82, 2.24) is 14.7 Å². The number of ether oxygens (including phenoxy) is 1. The van der Waals surface area contributed by atoms with Gasteiger partial charge in [0, 0.05) is 12.7 Å². The third-order valence-corrected chi connectivity index (χ3v) is 4.10. The Balaban J connectivity index is 1.84. The van der Waals surface area contributed by atoms with Gasteiger partial charge in [-0.3, -0.25) is 4.79 Å². The Morgan fingerprint density at radius 1 is 1.32 bits per heavy atom. The Labute approximate surface area is 134 Å². The van der Waals surface area contributed by atoms with E-state index in [1.807, 2.05) is 36.9 Å². The molecule has 3 rings (SSSR count). The second kappa shape index (κ2) is 6.10. The maximum absolute atomic E-state index is 12.6. The first-order chi connectivity index (χ1) is 10.6. The SMILES string of the molecule is C[C@@H]1CN(C(=O)c2ccn(-c3ccccc3Cl)n2)[C@H](C)CO1. The zero-order valence-corrected chi connectivity index (χ0v) is 13.3. The van der Waals surface area contributed by atoms with Gasteiger partial charge >= 0.3 is 0 Å². The van der Waals surface area contributed by atoms with Crippen LogP contribution in [-0.4, -0.2) is 45.9 Å². The molecule has 5 nitrogen and oxygen atoms in total. The number of morpholine rings is 1. The fourth-order valence-electron chi connectivity index (χ4n) is 2.54. The molecule has 1 fully saturated rings. The van der Waals surface area contributed by atoms with Crippen molar-refractivity contribution < 1.29 is 9.53 Å². The number of hydrogen-bond donors (Lipinski definition) is 0. The minimum Gasteiger partial charge on any atom is -0.375 e. The minimum absolute atomic E-state index is 0.0470. The first kappa shape index (κ1) is 15.1. The van der Waals surface area contributed by atoms with Crippen LogP contribution in [0.3, 0.4) is 0 Å². The van der Waals surface area contributed by atoms with Gasteiger partial charge in [0.1, 0.15) is 0 Å². The van der Waals surface area contributed by atoms with E-state index in [1.54, 1.807) is 23.0 Å². The van der Waals surface area contributed by atoms with Gasteiger partial charge in [-0.05, 0) is 32.0 Å². The van der Waals surface area contributed by atoms with Crippen LogP contribution in [0.2, 0.25) is 5.02 Å². The molecular weight excluding hydrogens is 302 g/mol.